The summed E-state index contributed by atoms with van der Waals surface area (Å²) in [7, 11) is 0. The first-order valence-electron chi connectivity index (χ1n) is 7.93. The molecule has 2 aromatic rings. The lowest BCUT2D eigenvalue weighted by Crippen LogP contribution is -2.37. The summed E-state index contributed by atoms with van der Waals surface area (Å²) in [6.45, 7) is 0.831. The molecule has 1 aromatic heterocycles. The molecule has 1 aliphatic carbocycles. The number of rotatable bonds is 4. The molecule has 0 N–H and O–H groups in total. The maximum Gasteiger partial charge on any atom is 0.276 e. The molecule has 2 atom stereocenters. The van der Waals surface area contributed by atoms with Gasteiger partial charge < -0.3 is 14.1 Å². The minimum atomic E-state index is -0.434. The molecule has 1 aliphatic heterocycles. The normalized spacial score (nSPS) is 22.2. The van der Waals surface area contributed by atoms with Crippen molar-refractivity contribution in [2.45, 2.75) is 31.9 Å². The number of ether oxygens (including phenoxy) is 1. The van der Waals surface area contributed by atoms with Crippen LogP contribution in [0, 0.1) is 11.7 Å². The summed E-state index contributed by atoms with van der Waals surface area (Å²) in [5.41, 5.74) is 0.298. The fourth-order valence-electron chi connectivity index (χ4n) is 3.53. The van der Waals surface area contributed by atoms with Crippen LogP contribution in [0.3, 0.4) is 0 Å². The zero-order chi connectivity index (χ0) is 16.7. The number of carbonyl (C=O) groups excluding carboxylic acids is 1. The summed E-state index contributed by atoms with van der Waals surface area (Å²) in [5.74, 6) is 0.728. The van der Waals surface area contributed by atoms with Gasteiger partial charge in [0.25, 0.3) is 5.91 Å². The molecule has 2 heterocycles. The lowest BCUT2D eigenvalue weighted by Gasteiger charge is -2.25. The zero-order valence-electron chi connectivity index (χ0n) is 12.9. The smallest absolute Gasteiger partial charge is 0.276 e. The molecule has 2 aliphatic rings. The number of benzene rings is 1. The van der Waals surface area contributed by atoms with Crippen LogP contribution in [-0.4, -0.2) is 28.4 Å². The highest BCUT2D eigenvalue weighted by molar-refractivity contribution is 6.32. The van der Waals surface area contributed by atoms with Crippen molar-refractivity contribution in [3.8, 4) is 5.75 Å². The van der Waals surface area contributed by atoms with Gasteiger partial charge in [-0.15, -0.1) is 0 Å². The van der Waals surface area contributed by atoms with Crippen LogP contribution in [0.4, 0.5) is 4.39 Å². The van der Waals surface area contributed by atoms with Crippen molar-refractivity contribution in [1.29, 1.82) is 0 Å². The second-order valence-corrected chi connectivity index (χ2v) is 6.69. The second-order valence-electron chi connectivity index (χ2n) is 6.28. The average molecular weight is 351 g/mol. The molecule has 2 bridgehead atoms. The van der Waals surface area contributed by atoms with Crippen LogP contribution in [-0.2, 0) is 6.61 Å². The van der Waals surface area contributed by atoms with Crippen molar-refractivity contribution in [3.63, 3.8) is 0 Å². The predicted octanol–water partition coefficient (Wildman–Crippen LogP) is 3.67. The van der Waals surface area contributed by atoms with E-state index in [9.17, 15) is 9.18 Å². The van der Waals surface area contributed by atoms with Crippen molar-refractivity contribution in [1.82, 2.24) is 9.88 Å². The highest BCUT2D eigenvalue weighted by Crippen LogP contribution is 2.38. The van der Waals surface area contributed by atoms with Gasteiger partial charge in [-0.1, -0.05) is 11.6 Å². The van der Waals surface area contributed by atoms with E-state index in [2.05, 4.69) is 4.98 Å². The molecular formula is C17H16ClFN2O3. The maximum absolute atomic E-state index is 13.0. The average Bonchev–Trinajstić information content (AvgIpc) is 3.30. The molecule has 2 fully saturated rings. The molecule has 7 heteroatoms. The van der Waals surface area contributed by atoms with Crippen LogP contribution in [0.2, 0.25) is 5.02 Å². The minimum Gasteiger partial charge on any atom is -0.482 e. The Labute approximate surface area is 143 Å². The highest BCUT2D eigenvalue weighted by atomic mass is 35.5. The fraction of sp³-hybridized carbons (Fsp3) is 0.412. The van der Waals surface area contributed by atoms with Gasteiger partial charge >= 0.3 is 0 Å². The Bertz CT molecular complexity index is 779. The Morgan fingerprint density at radius 3 is 3.04 bits per heavy atom. The fourth-order valence-corrected chi connectivity index (χ4v) is 3.75. The Hall–Kier alpha value is -2.08. The van der Waals surface area contributed by atoms with Gasteiger partial charge in [-0.2, -0.15) is 0 Å². The number of oxazole rings is 1. The van der Waals surface area contributed by atoms with Crippen LogP contribution >= 0.6 is 11.6 Å². The molecule has 1 saturated heterocycles. The number of carbonyl (C=O) groups is 1. The summed E-state index contributed by atoms with van der Waals surface area (Å²) in [5, 5.41) is 0.172. The molecule has 0 radical (unpaired) electrons. The second kappa shape index (κ2) is 6.09. The Morgan fingerprint density at radius 1 is 1.46 bits per heavy atom. The molecular weight excluding hydrogens is 335 g/mol. The van der Waals surface area contributed by atoms with E-state index in [0.29, 0.717) is 23.4 Å². The predicted molar refractivity (Wildman–Crippen MR) is 84.4 cm³/mol. The molecule has 4 rings (SSSR count). The Morgan fingerprint density at radius 2 is 2.33 bits per heavy atom. The standard InChI is InChI=1S/C17H16ClFN2O3/c18-13-6-11(19)2-4-15(13)23-9-16-20-14(8-24-16)17(22)21-7-10-1-3-12(21)5-10/h2,4,6,8,10,12H,1,3,5,7,9H2/t10-,12+/m0/s1. The van der Waals surface area contributed by atoms with Crippen molar-refractivity contribution in [2.75, 3.05) is 6.54 Å². The number of amides is 1. The van der Waals surface area contributed by atoms with Crippen LogP contribution in [0.15, 0.2) is 28.9 Å². The van der Waals surface area contributed by atoms with Crippen molar-refractivity contribution < 1.29 is 18.3 Å². The van der Waals surface area contributed by atoms with Gasteiger partial charge in [0.1, 0.15) is 17.8 Å². The molecule has 1 amide bonds. The van der Waals surface area contributed by atoms with Crippen LogP contribution < -0.4 is 4.74 Å². The summed E-state index contributed by atoms with van der Waals surface area (Å²) in [6.07, 6.45) is 4.75. The van der Waals surface area contributed by atoms with Gasteiger partial charge in [0.05, 0.1) is 5.02 Å². The molecule has 5 nitrogen and oxygen atoms in total. The molecule has 0 spiro atoms. The first-order chi connectivity index (χ1) is 11.6. The monoisotopic (exact) mass is 350 g/mol. The van der Waals surface area contributed by atoms with Gasteiger partial charge in [0.15, 0.2) is 12.3 Å². The number of aromatic nitrogens is 1. The van der Waals surface area contributed by atoms with Gasteiger partial charge in [-0.05, 0) is 43.4 Å². The third kappa shape index (κ3) is 2.86. The van der Waals surface area contributed by atoms with Crippen molar-refractivity contribution in [3.05, 3.63) is 46.9 Å². The number of piperidine rings is 1. The van der Waals surface area contributed by atoms with E-state index in [1.54, 1.807) is 0 Å². The number of likely N-dealkylation sites (tertiary alicyclic amines) is 1. The van der Waals surface area contributed by atoms with Crippen LogP contribution in [0.25, 0.3) is 0 Å². The zero-order valence-corrected chi connectivity index (χ0v) is 13.6. The van der Waals surface area contributed by atoms with E-state index < -0.39 is 5.82 Å². The van der Waals surface area contributed by atoms with Crippen LogP contribution in [0.1, 0.15) is 35.6 Å². The van der Waals surface area contributed by atoms with E-state index in [-0.39, 0.29) is 23.4 Å². The number of nitrogens with zero attached hydrogens (tertiary/aromatic N) is 2. The number of hydrogen-bond acceptors (Lipinski definition) is 4. The van der Waals surface area contributed by atoms with Crippen molar-refractivity contribution in [2.24, 2.45) is 5.92 Å². The number of fused-ring (bicyclic) bond motifs is 2. The van der Waals surface area contributed by atoms with E-state index in [4.69, 9.17) is 20.8 Å². The Balaban J connectivity index is 1.40. The minimum absolute atomic E-state index is 0.0185. The van der Waals surface area contributed by atoms with Gasteiger partial charge in [-0.25, -0.2) is 9.37 Å². The SMILES string of the molecule is O=C(c1coc(COc2ccc(F)cc2Cl)n1)N1C[C@H]2CC[C@@H]1C2. The molecule has 0 unspecified atom stereocenters. The van der Waals surface area contributed by atoms with Crippen molar-refractivity contribution >= 4 is 17.5 Å². The van der Waals surface area contributed by atoms with Gasteiger partial charge in [0, 0.05) is 12.6 Å². The first-order valence-corrected chi connectivity index (χ1v) is 8.31. The van der Waals surface area contributed by atoms with Gasteiger partial charge in [0.2, 0.25) is 5.89 Å². The van der Waals surface area contributed by atoms with E-state index >= 15 is 0 Å². The van der Waals surface area contributed by atoms with E-state index in [1.165, 1.54) is 30.9 Å². The summed E-state index contributed by atoms with van der Waals surface area (Å²) >= 11 is 5.90. The quantitative estimate of drug-likeness (QED) is 0.844. The molecule has 1 saturated carbocycles. The summed E-state index contributed by atoms with van der Waals surface area (Å²) in [4.78, 5) is 18.6. The third-order valence-corrected chi connectivity index (χ3v) is 4.98. The van der Waals surface area contributed by atoms with Gasteiger partial charge in [-0.3, -0.25) is 4.79 Å². The maximum atomic E-state index is 13.0. The van der Waals surface area contributed by atoms with E-state index in [1.807, 2.05) is 4.90 Å². The highest BCUT2D eigenvalue weighted by Gasteiger charge is 2.41. The lowest BCUT2D eigenvalue weighted by atomic mass is 10.1. The number of hydrogen-bond donors (Lipinski definition) is 0. The van der Waals surface area contributed by atoms with Crippen LogP contribution in [0.5, 0.6) is 5.75 Å². The summed E-state index contributed by atoms with van der Waals surface area (Å²) < 4.78 is 23.8. The Kier molecular flexibility index (Phi) is 3.92. The molecule has 126 valence electrons. The summed E-state index contributed by atoms with van der Waals surface area (Å²) in [6, 6.07) is 4.21. The topological polar surface area (TPSA) is 55.6 Å². The largest absolute Gasteiger partial charge is 0.482 e. The first kappa shape index (κ1) is 15.4. The lowest BCUT2D eigenvalue weighted by molar-refractivity contribution is 0.0697. The molecule has 24 heavy (non-hydrogen) atoms. The number of halogens is 2. The molecule has 1 aromatic carbocycles. The third-order valence-electron chi connectivity index (χ3n) is 4.69. The van der Waals surface area contributed by atoms with E-state index in [0.717, 1.165) is 19.4 Å².